The molecule has 0 atom stereocenters. The Balaban J connectivity index is 3.09. The first-order valence-electron chi connectivity index (χ1n) is 3.50. The van der Waals surface area contributed by atoms with Crippen molar-refractivity contribution in [2.24, 2.45) is 0 Å². The lowest BCUT2D eigenvalue weighted by Crippen LogP contribution is -2.10. The summed E-state index contributed by atoms with van der Waals surface area (Å²) in [6, 6.07) is 5.72. The molecule has 11 heavy (non-hydrogen) atoms. The zero-order valence-corrected chi connectivity index (χ0v) is 6.96. The molecule has 1 aromatic rings. The highest BCUT2D eigenvalue weighted by Crippen LogP contribution is 2.19. The molecule has 0 bridgehead atoms. The smallest absolute Gasteiger partial charge is 0.0395 e. The summed E-state index contributed by atoms with van der Waals surface area (Å²) in [5.74, 6) is 0. The van der Waals surface area contributed by atoms with Gasteiger partial charge in [-0.1, -0.05) is 0 Å². The minimum Gasteiger partial charge on any atom is -0.399 e. The lowest BCUT2D eigenvalue weighted by Gasteiger charge is -2.15. The van der Waals surface area contributed by atoms with E-state index in [4.69, 9.17) is 5.73 Å². The van der Waals surface area contributed by atoms with Gasteiger partial charge < -0.3 is 10.6 Å². The minimum absolute atomic E-state index is 0.764. The molecule has 0 fully saturated rings. The predicted molar refractivity (Wildman–Crippen MR) is 49.6 cm³/mol. The molecule has 1 rings (SSSR count). The number of nitrogens with two attached hydrogens (primary N) is 1. The molecule has 0 spiro atoms. The second-order valence-electron chi connectivity index (χ2n) is 2.78. The van der Waals surface area contributed by atoms with E-state index in [0.717, 1.165) is 16.9 Å². The number of nitrogens with zero attached hydrogens (tertiary/aromatic N) is 1. The highest BCUT2D eigenvalue weighted by atomic mass is 15.1. The molecule has 0 amide bonds. The molecule has 0 aromatic heterocycles. The largest absolute Gasteiger partial charge is 0.399 e. The van der Waals surface area contributed by atoms with Crippen LogP contribution in [-0.2, 0) is 0 Å². The van der Waals surface area contributed by atoms with Gasteiger partial charge in [-0.2, -0.15) is 0 Å². The molecule has 0 heterocycles. The van der Waals surface area contributed by atoms with Gasteiger partial charge in [-0.15, -0.1) is 0 Å². The van der Waals surface area contributed by atoms with Crippen molar-refractivity contribution >= 4 is 11.4 Å². The van der Waals surface area contributed by atoms with Crippen LogP contribution in [0.4, 0.5) is 11.4 Å². The van der Waals surface area contributed by atoms with E-state index >= 15 is 0 Å². The van der Waals surface area contributed by atoms with Crippen LogP contribution in [0.2, 0.25) is 0 Å². The third-order valence-electron chi connectivity index (χ3n) is 1.59. The van der Waals surface area contributed by atoms with E-state index < -0.39 is 0 Å². The molecule has 2 heteroatoms. The number of hydrogen-bond acceptors (Lipinski definition) is 2. The summed E-state index contributed by atoms with van der Waals surface area (Å²) in [4.78, 5) is 2.02. The normalized spacial score (nSPS) is 9.73. The summed E-state index contributed by atoms with van der Waals surface area (Å²) < 4.78 is 0. The first-order valence-corrected chi connectivity index (χ1v) is 3.50. The van der Waals surface area contributed by atoms with E-state index in [0.29, 0.717) is 0 Å². The standard InChI is InChI=1S/C9H13N2/c1-7-6-8(10)4-5-9(7)11(2)3/h4-6H,1,10H2,2-3H3. The highest BCUT2D eigenvalue weighted by Gasteiger charge is 1.98. The lowest BCUT2D eigenvalue weighted by molar-refractivity contribution is 1.12. The van der Waals surface area contributed by atoms with Crippen molar-refractivity contribution in [2.75, 3.05) is 24.7 Å². The number of benzene rings is 1. The second kappa shape index (κ2) is 2.82. The number of rotatable bonds is 1. The maximum absolute atomic E-state index is 5.57. The Morgan fingerprint density at radius 1 is 1.36 bits per heavy atom. The number of anilines is 2. The Morgan fingerprint density at radius 3 is 2.45 bits per heavy atom. The van der Waals surface area contributed by atoms with Gasteiger partial charge in [-0.25, -0.2) is 0 Å². The van der Waals surface area contributed by atoms with E-state index in [9.17, 15) is 0 Å². The quantitative estimate of drug-likeness (QED) is 0.613. The molecule has 2 nitrogen and oxygen atoms in total. The molecule has 0 saturated heterocycles. The lowest BCUT2D eigenvalue weighted by atomic mass is 10.2. The summed E-state index contributed by atoms with van der Waals surface area (Å²) in [7, 11) is 3.97. The monoisotopic (exact) mass is 149 g/mol. The van der Waals surface area contributed by atoms with Gasteiger partial charge in [0.2, 0.25) is 0 Å². The molecular weight excluding hydrogens is 136 g/mol. The Hall–Kier alpha value is -1.18. The van der Waals surface area contributed by atoms with Crippen LogP contribution in [0.5, 0.6) is 0 Å². The van der Waals surface area contributed by atoms with Gasteiger partial charge in [-0.3, -0.25) is 0 Å². The SMILES string of the molecule is [CH2]c1cc(N)ccc1N(C)C. The Kier molecular flexibility index (Phi) is 2.03. The summed E-state index contributed by atoms with van der Waals surface area (Å²) in [6.07, 6.45) is 0. The van der Waals surface area contributed by atoms with E-state index in [1.54, 1.807) is 0 Å². The van der Waals surface area contributed by atoms with Gasteiger partial charge in [0.05, 0.1) is 0 Å². The maximum Gasteiger partial charge on any atom is 0.0395 e. The first kappa shape index (κ1) is 7.92. The molecule has 2 N–H and O–H groups in total. The first-order chi connectivity index (χ1) is 5.11. The topological polar surface area (TPSA) is 29.3 Å². The maximum atomic E-state index is 5.57. The fourth-order valence-electron chi connectivity index (χ4n) is 1.04. The zero-order chi connectivity index (χ0) is 8.43. The van der Waals surface area contributed by atoms with E-state index in [-0.39, 0.29) is 0 Å². The average Bonchev–Trinajstić information content (AvgIpc) is 1.85. The third-order valence-corrected chi connectivity index (χ3v) is 1.59. The van der Waals surface area contributed by atoms with Crippen molar-refractivity contribution in [1.29, 1.82) is 0 Å². The highest BCUT2D eigenvalue weighted by molar-refractivity contribution is 5.60. The van der Waals surface area contributed by atoms with Crippen LogP contribution in [0, 0.1) is 6.92 Å². The van der Waals surface area contributed by atoms with Crippen molar-refractivity contribution < 1.29 is 0 Å². The van der Waals surface area contributed by atoms with E-state index in [1.165, 1.54) is 0 Å². The number of hydrogen-bond donors (Lipinski definition) is 1. The van der Waals surface area contributed by atoms with Gasteiger partial charge >= 0.3 is 0 Å². The van der Waals surface area contributed by atoms with Gasteiger partial charge in [0, 0.05) is 25.5 Å². The van der Waals surface area contributed by atoms with Gasteiger partial charge in [0.1, 0.15) is 0 Å². The summed E-state index contributed by atoms with van der Waals surface area (Å²) >= 11 is 0. The second-order valence-corrected chi connectivity index (χ2v) is 2.78. The van der Waals surface area contributed by atoms with Crippen LogP contribution in [-0.4, -0.2) is 14.1 Å². The van der Waals surface area contributed by atoms with Crippen LogP contribution in [0.1, 0.15) is 5.56 Å². The molecule has 0 aliphatic carbocycles. The van der Waals surface area contributed by atoms with Gasteiger partial charge in [0.25, 0.3) is 0 Å². The predicted octanol–water partition coefficient (Wildman–Crippen LogP) is 1.52. The summed E-state index contributed by atoms with van der Waals surface area (Å²) in [5.41, 5.74) is 8.41. The molecule has 59 valence electrons. The minimum atomic E-state index is 0.764. The molecular formula is C9H13N2. The summed E-state index contributed by atoms with van der Waals surface area (Å²) in [5, 5.41) is 0. The van der Waals surface area contributed by atoms with Crippen molar-refractivity contribution in [3.63, 3.8) is 0 Å². The van der Waals surface area contributed by atoms with Crippen LogP contribution in [0.25, 0.3) is 0 Å². The Morgan fingerprint density at radius 2 is 2.00 bits per heavy atom. The Labute approximate surface area is 67.6 Å². The Bertz CT molecular complexity index is 254. The fourth-order valence-corrected chi connectivity index (χ4v) is 1.04. The van der Waals surface area contributed by atoms with Crippen molar-refractivity contribution in [3.05, 3.63) is 30.7 Å². The zero-order valence-electron chi connectivity index (χ0n) is 6.96. The van der Waals surface area contributed by atoms with Crippen LogP contribution >= 0.6 is 0 Å². The third kappa shape index (κ3) is 1.64. The van der Waals surface area contributed by atoms with Crippen LogP contribution < -0.4 is 10.6 Å². The molecule has 0 unspecified atom stereocenters. The molecule has 0 aliphatic rings. The molecule has 1 aromatic carbocycles. The molecule has 1 radical (unpaired) electrons. The molecule has 0 aliphatic heterocycles. The average molecular weight is 149 g/mol. The number of nitrogen functional groups attached to an aromatic ring is 1. The van der Waals surface area contributed by atoms with Crippen LogP contribution in [0.15, 0.2) is 18.2 Å². The fraction of sp³-hybridized carbons (Fsp3) is 0.222. The van der Waals surface area contributed by atoms with Crippen molar-refractivity contribution in [1.82, 2.24) is 0 Å². The summed E-state index contributed by atoms with van der Waals surface area (Å²) in [6.45, 7) is 3.88. The molecule has 0 saturated carbocycles. The van der Waals surface area contributed by atoms with Gasteiger partial charge in [-0.05, 0) is 30.7 Å². The van der Waals surface area contributed by atoms with Crippen molar-refractivity contribution in [2.45, 2.75) is 0 Å². The van der Waals surface area contributed by atoms with Gasteiger partial charge in [0.15, 0.2) is 0 Å². The van der Waals surface area contributed by atoms with Crippen molar-refractivity contribution in [3.8, 4) is 0 Å². The van der Waals surface area contributed by atoms with Crippen LogP contribution in [0.3, 0.4) is 0 Å². The van der Waals surface area contributed by atoms with E-state index in [2.05, 4.69) is 6.92 Å². The van der Waals surface area contributed by atoms with E-state index in [1.807, 2.05) is 37.2 Å².